The van der Waals surface area contributed by atoms with E-state index in [1.807, 2.05) is 0 Å². The summed E-state index contributed by atoms with van der Waals surface area (Å²) in [4.78, 5) is 6.10. The van der Waals surface area contributed by atoms with Gasteiger partial charge in [-0.2, -0.15) is 0 Å². The third-order valence-corrected chi connectivity index (χ3v) is 5.93. The van der Waals surface area contributed by atoms with Crippen LogP contribution in [0.3, 0.4) is 0 Å². The van der Waals surface area contributed by atoms with Crippen molar-refractivity contribution < 1.29 is 4.74 Å². The van der Waals surface area contributed by atoms with Gasteiger partial charge in [-0.15, -0.1) is 0 Å². The summed E-state index contributed by atoms with van der Waals surface area (Å²) in [6, 6.07) is 18.4. The zero-order chi connectivity index (χ0) is 18.4. The molecule has 4 nitrogen and oxygen atoms in total. The highest BCUT2D eigenvalue weighted by atomic mass is 16.5. The minimum Gasteiger partial charge on any atom is -0.375 e. The lowest BCUT2D eigenvalue weighted by molar-refractivity contribution is 0.0532. The van der Waals surface area contributed by atoms with E-state index < -0.39 is 0 Å². The quantitative estimate of drug-likeness (QED) is 0.724. The van der Waals surface area contributed by atoms with E-state index in [-0.39, 0.29) is 6.04 Å². The van der Waals surface area contributed by atoms with Crippen LogP contribution in [-0.2, 0) is 11.2 Å². The number of aromatic nitrogens is 1. The molecule has 140 valence electrons. The number of hydrogen-bond donors (Lipinski definition) is 2. The zero-order valence-corrected chi connectivity index (χ0v) is 16.0. The smallest absolute Gasteiger partial charge is 0.0734 e. The predicted molar refractivity (Wildman–Crippen MR) is 111 cm³/mol. The number of hydrogen-bond acceptors (Lipinski definition) is 3. The van der Waals surface area contributed by atoms with Crippen molar-refractivity contribution in [3.05, 3.63) is 65.4 Å². The first-order valence-corrected chi connectivity index (χ1v) is 10.0. The molecule has 0 spiro atoms. The molecule has 27 heavy (non-hydrogen) atoms. The second-order valence-corrected chi connectivity index (χ2v) is 7.99. The molecule has 1 fully saturated rings. The first kappa shape index (κ1) is 16.8. The van der Waals surface area contributed by atoms with Crippen molar-refractivity contribution >= 4 is 16.6 Å². The molecule has 2 aliphatic heterocycles. The Kier molecular flexibility index (Phi) is 4.18. The van der Waals surface area contributed by atoms with Gasteiger partial charge in [0.1, 0.15) is 0 Å². The molecule has 2 aromatic carbocycles. The molecule has 0 saturated carbocycles. The van der Waals surface area contributed by atoms with Gasteiger partial charge in [-0.25, -0.2) is 0 Å². The molecule has 3 heterocycles. The maximum atomic E-state index is 5.67. The summed E-state index contributed by atoms with van der Waals surface area (Å²) in [7, 11) is 0. The van der Waals surface area contributed by atoms with Crippen molar-refractivity contribution in [2.24, 2.45) is 0 Å². The maximum absolute atomic E-state index is 5.67. The average molecular weight is 361 g/mol. The Morgan fingerprint density at radius 2 is 1.85 bits per heavy atom. The number of benzene rings is 2. The number of rotatable bonds is 2. The van der Waals surface area contributed by atoms with Gasteiger partial charge >= 0.3 is 0 Å². The summed E-state index contributed by atoms with van der Waals surface area (Å²) in [5.41, 5.74) is 6.63. The fourth-order valence-electron chi connectivity index (χ4n) is 4.61. The summed E-state index contributed by atoms with van der Waals surface area (Å²) in [6.45, 7) is 7.16. The van der Waals surface area contributed by atoms with Gasteiger partial charge in [-0.3, -0.25) is 0 Å². The van der Waals surface area contributed by atoms with E-state index in [4.69, 9.17) is 4.74 Å². The fourth-order valence-corrected chi connectivity index (χ4v) is 4.61. The highest BCUT2D eigenvalue weighted by molar-refractivity contribution is 5.85. The van der Waals surface area contributed by atoms with Gasteiger partial charge in [0, 0.05) is 41.4 Å². The molecule has 3 atom stereocenters. The van der Waals surface area contributed by atoms with Crippen molar-refractivity contribution in [3.8, 4) is 0 Å². The predicted octanol–water partition coefficient (Wildman–Crippen LogP) is 4.02. The molecule has 0 radical (unpaired) electrons. The summed E-state index contributed by atoms with van der Waals surface area (Å²) in [5, 5.41) is 5.16. The summed E-state index contributed by atoms with van der Waals surface area (Å²) in [6.07, 6.45) is 1.37. The molecule has 5 rings (SSSR count). The largest absolute Gasteiger partial charge is 0.375 e. The molecule has 4 heteroatoms. The molecule has 3 aromatic rings. The van der Waals surface area contributed by atoms with Crippen molar-refractivity contribution in [1.82, 2.24) is 10.3 Å². The van der Waals surface area contributed by atoms with Crippen LogP contribution in [0.15, 0.2) is 48.5 Å². The van der Waals surface area contributed by atoms with Crippen LogP contribution in [0.1, 0.15) is 36.7 Å². The first-order valence-electron chi connectivity index (χ1n) is 10.0. The molecule has 1 unspecified atom stereocenters. The van der Waals surface area contributed by atoms with E-state index in [0.717, 1.165) is 26.1 Å². The molecule has 2 aliphatic rings. The Balaban J connectivity index is 1.48. The second-order valence-electron chi connectivity index (χ2n) is 7.99. The number of nitrogens with zero attached hydrogens (tertiary/aromatic N) is 1. The number of ether oxygens (including phenoxy) is 1. The lowest BCUT2D eigenvalue weighted by Gasteiger charge is -2.33. The normalized spacial score (nSPS) is 25.6. The van der Waals surface area contributed by atoms with Crippen LogP contribution in [0.5, 0.6) is 0 Å². The standard InChI is InChI=1S/C23H27N3O/c1-15-13-20-19-5-3-4-6-21(19)25-23(20)22(24-15)17-7-9-18(10-8-17)26-11-12-27-16(2)14-26/h3-10,15-16,22,24-25H,11-14H2,1-2H3/t15-,16?,22+/m0/s1. The van der Waals surface area contributed by atoms with Gasteiger partial charge < -0.3 is 19.9 Å². The highest BCUT2D eigenvalue weighted by Gasteiger charge is 2.28. The van der Waals surface area contributed by atoms with E-state index in [1.54, 1.807) is 0 Å². The van der Waals surface area contributed by atoms with Crippen molar-refractivity contribution in [1.29, 1.82) is 0 Å². The van der Waals surface area contributed by atoms with E-state index in [1.165, 1.54) is 33.4 Å². The fraction of sp³-hybridized carbons (Fsp3) is 0.391. The molecule has 0 amide bonds. The van der Waals surface area contributed by atoms with Crippen LogP contribution in [0.25, 0.3) is 10.9 Å². The van der Waals surface area contributed by atoms with Gasteiger partial charge in [-0.05, 0) is 49.6 Å². The highest BCUT2D eigenvalue weighted by Crippen LogP contribution is 2.35. The molecule has 1 saturated heterocycles. The number of aromatic amines is 1. The number of H-pyrrole nitrogens is 1. The summed E-state index contributed by atoms with van der Waals surface area (Å²) in [5.74, 6) is 0. The Hall–Kier alpha value is -2.30. The van der Waals surface area contributed by atoms with Crippen LogP contribution in [0.4, 0.5) is 5.69 Å². The molecule has 2 N–H and O–H groups in total. The van der Waals surface area contributed by atoms with Crippen LogP contribution in [-0.4, -0.2) is 36.8 Å². The van der Waals surface area contributed by atoms with E-state index >= 15 is 0 Å². The number of para-hydroxylation sites is 1. The summed E-state index contributed by atoms with van der Waals surface area (Å²) >= 11 is 0. The molecule has 0 bridgehead atoms. The van der Waals surface area contributed by atoms with Gasteiger partial charge in [-0.1, -0.05) is 30.3 Å². The average Bonchev–Trinajstić information content (AvgIpc) is 3.06. The number of anilines is 1. The van der Waals surface area contributed by atoms with Gasteiger partial charge in [0.15, 0.2) is 0 Å². The van der Waals surface area contributed by atoms with Crippen molar-refractivity contribution in [2.75, 3.05) is 24.6 Å². The minimum atomic E-state index is 0.216. The van der Waals surface area contributed by atoms with Gasteiger partial charge in [0.25, 0.3) is 0 Å². The second kappa shape index (κ2) is 6.70. The third kappa shape index (κ3) is 3.03. The third-order valence-electron chi connectivity index (χ3n) is 5.93. The monoisotopic (exact) mass is 361 g/mol. The van der Waals surface area contributed by atoms with E-state index in [2.05, 4.69) is 77.6 Å². The SMILES string of the molecule is CC1CN(c2ccc([C@H]3N[C@@H](C)Cc4c3[nH]c3ccccc43)cc2)CCO1. The number of nitrogens with one attached hydrogen (secondary N) is 2. The topological polar surface area (TPSA) is 40.3 Å². The molecule has 1 aromatic heterocycles. The number of morpholine rings is 1. The lowest BCUT2D eigenvalue weighted by atomic mass is 9.91. The Morgan fingerprint density at radius 3 is 2.67 bits per heavy atom. The Labute approximate surface area is 160 Å². The van der Waals surface area contributed by atoms with Gasteiger partial charge in [0.05, 0.1) is 18.8 Å². The molecular weight excluding hydrogens is 334 g/mol. The van der Waals surface area contributed by atoms with Crippen LogP contribution in [0, 0.1) is 0 Å². The van der Waals surface area contributed by atoms with Crippen LogP contribution < -0.4 is 10.2 Å². The van der Waals surface area contributed by atoms with Crippen molar-refractivity contribution in [3.63, 3.8) is 0 Å². The number of fused-ring (bicyclic) bond motifs is 3. The minimum absolute atomic E-state index is 0.216. The zero-order valence-electron chi connectivity index (χ0n) is 16.0. The Morgan fingerprint density at radius 1 is 1.04 bits per heavy atom. The van der Waals surface area contributed by atoms with E-state index in [9.17, 15) is 0 Å². The van der Waals surface area contributed by atoms with Crippen LogP contribution >= 0.6 is 0 Å². The maximum Gasteiger partial charge on any atom is 0.0734 e. The first-order chi connectivity index (χ1) is 13.2. The van der Waals surface area contributed by atoms with Crippen molar-refractivity contribution in [2.45, 2.75) is 38.5 Å². The van der Waals surface area contributed by atoms with Gasteiger partial charge in [0.2, 0.25) is 0 Å². The lowest BCUT2D eigenvalue weighted by Crippen LogP contribution is -2.41. The van der Waals surface area contributed by atoms with Crippen LogP contribution in [0.2, 0.25) is 0 Å². The Bertz CT molecular complexity index is 946. The summed E-state index contributed by atoms with van der Waals surface area (Å²) < 4.78 is 5.67. The van der Waals surface area contributed by atoms with E-state index in [0.29, 0.717) is 12.1 Å². The molecular formula is C23H27N3O. The molecule has 0 aliphatic carbocycles.